The number of benzene rings is 1. The molecule has 0 N–H and O–H groups in total. The smallest absolute Gasteiger partial charge is 0.260 e. The molecule has 3 aromatic rings. The largest absolute Gasteiger partial charge is 0.302 e. The lowest BCUT2D eigenvalue weighted by atomic mass is 9.79. The molecule has 0 fully saturated rings. The van der Waals surface area contributed by atoms with Crippen molar-refractivity contribution < 1.29 is 4.79 Å². The first-order valence-electron chi connectivity index (χ1n) is 8.90. The molecule has 3 heterocycles. The van der Waals surface area contributed by atoms with Gasteiger partial charge >= 0.3 is 0 Å². The molecule has 1 amide bonds. The fourth-order valence-corrected chi connectivity index (χ4v) is 4.08. The summed E-state index contributed by atoms with van der Waals surface area (Å²) in [5.74, 6) is 0.0504. The van der Waals surface area contributed by atoms with E-state index in [4.69, 9.17) is 4.98 Å². The van der Waals surface area contributed by atoms with E-state index in [1.54, 1.807) is 6.20 Å². The topological polar surface area (TPSA) is 46.1 Å². The minimum Gasteiger partial charge on any atom is -0.302 e. The Balaban J connectivity index is 1.75. The van der Waals surface area contributed by atoms with Crippen molar-refractivity contribution in [2.45, 2.75) is 26.8 Å². The van der Waals surface area contributed by atoms with Crippen molar-refractivity contribution >= 4 is 22.5 Å². The fourth-order valence-electron chi connectivity index (χ4n) is 4.08. The van der Waals surface area contributed by atoms with Crippen LogP contribution < -0.4 is 0 Å². The van der Waals surface area contributed by atoms with Gasteiger partial charge in [-0.05, 0) is 30.0 Å². The third-order valence-corrected chi connectivity index (χ3v) is 5.17. The third kappa shape index (κ3) is 2.18. The molecule has 5 rings (SSSR count). The summed E-state index contributed by atoms with van der Waals surface area (Å²) in [6.45, 7) is 4.87. The average molecular weight is 341 g/mol. The normalized spacial score (nSPS) is 17.4. The van der Waals surface area contributed by atoms with Crippen molar-refractivity contribution in [3.63, 3.8) is 0 Å². The van der Waals surface area contributed by atoms with Crippen LogP contribution in [-0.4, -0.2) is 20.8 Å². The number of allylic oxidation sites excluding steroid dienone is 1. The molecule has 4 heteroatoms. The van der Waals surface area contributed by atoms with Crippen LogP contribution in [0.4, 0.5) is 0 Å². The van der Waals surface area contributed by atoms with E-state index in [-0.39, 0.29) is 11.3 Å². The summed E-state index contributed by atoms with van der Waals surface area (Å²) in [7, 11) is 0. The number of rotatable bonds is 2. The average Bonchev–Trinajstić information content (AvgIpc) is 2.89. The van der Waals surface area contributed by atoms with Crippen LogP contribution in [-0.2, 0) is 13.0 Å². The lowest BCUT2D eigenvalue weighted by Crippen LogP contribution is -2.26. The number of carbonyl (C=O) groups is 1. The van der Waals surface area contributed by atoms with Gasteiger partial charge in [0, 0.05) is 17.1 Å². The number of pyridine rings is 2. The second-order valence-electron chi connectivity index (χ2n) is 7.73. The summed E-state index contributed by atoms with van der Waals surface area (Å²) in [6, 6.07) is 13.7. The van der Waals surface area contributed by atoms with Gasteiger partial charge in [-0.3, -0.25) is 14.8 Å². The summed E-state index contributed by atoms with van der Waals surface area (Å²) in [5, 5.41) is 0.936. The molecule has 2 aromatic heterocycles. The highest BCUT2D eigenvalue weighted by Crippen LogP contribution is 2.46. The van der Waals surface area contributed by atoms with Crippen molar-refractivity contribution in [3.8, 4) is 0 Å². The Morgan fingerprint density at radius 3 is 2.69 bits per heavy atom. The van der Waals surface area contributed by atoms with E-state index >= 15 is 0 Å². The molecule has 2 aliphatic rings. The monoisotopic (exact) mass is 341 g/mol. The zero-order chi connectivity index (χ0) is 17.9. The quantitative estimate of drug-likeness (QED) is 0.701. The zero-order valence-corrected chi connectivity index (χ0v) is 14.9. The summed E-state index contributed by atoms with van der Waals surface area (Å²) in [5.41, 5.74) is 5.57. The Bertz CT molecular complexity index is 1080. The predicted molar refractivity (Wildman–Crippen MR) is 101 cm³/mol. The van der Waals surface area contributed by atoms with Crippen LogP contribution in [0.2, 0.25) is 0 Å². The lowest BCUT2D eigenvalue weighted by Gasteiger charge is -2.30. The molecule has 0 bridgehead atoms. The number of hydrogen-bond acceptors (Lipinski definition) is 3. The number of para-hydroxylation sites is 1. The second kappa shape index (κ2) is 5.24. The molecule has 0 atom stereocenters. The van der Waals surface area contributed by atoms with Crippen LogP contribution in [0.25, 0.3) is 16.6 Å². The standard InChI is InChI=1S/C22H19N3O/c1-22(2)11-17-20-18(12-22)25(13-14-7-5-6-10-23-14)21(26)19(20)15-8-3-4-9-16(15)24-17/h3-10,12H,11,13H2,1-2H3. The molecule has 0 saturated carbocycles. The van der Waals surface area contributed by atoms with Gasteiger partial charge in [0.25, 0.3) is 5.91 Å². The van der Waals surface area contributed by atoms with Crippen molar-refractivity contribution in [1.82, 2.24) is 14.9 Å². The second-order valence-corrected chi connectivity index (χ2v) is 7.73. The maximum Gasteiger partial charge on any atom is 0.260 e. The summed E-state index contributed by atoms with van der Waals surface area (Å²) < 4.78 is 0. The molecule has 128 valence electrons. The fraction of sp³-hybridized carbons (Fsp3) is 0.227. The van der Waals surface area contributed by atoms with Gasteiger partial charge in [-0.2, -0.15) is 0 Å². The summed E-state index contributed by atoms with van der Waals surface area (Å²) >= 11 is 0. The molecule has 1 aromatic carbocycles. The van der Waals surface area contributed by atoms with Gasteiger partial charge in [0.15, 0.2) is 0 Å². The van der Waals surface area contributed by atoms with E-state index in [9.17, 15) is 4.79 Å². The summed E-state index contributed by atoms with van der Waals surface area (Å²) in [6.07, 6.45) is 4.84. The van der Waals surface area contributed by atoms with E-state index in [1.807, 2.05) is 47.4 Å². The Morgan fingerprint density at radius 2 is 1.88 bits per heavy atom. The van der Waals surface area contributed by atoms with Crippen LogP contribution in [0.15, 0.2) is 54.7 Å². The summed E-state index contributed by atoms with van der Waals surface area (Å²) in [4.78, 5) is 24.6. The van der Waals surface area contributed by atoms with E-state index in [2.05, 4.69) is 24.9 Å². The molecular formula is C22H19N3O. The highest BCUT2D eigenvalue weighted by atomic mass is 16.2. The van der Waals surface area contributed by atoms with Crippen LogP contribution >= 0.6 is 0 Å². The molecule has 1 aliphatic heterocycles. The Labute approximate surface area is 152 Å². The maximum absolute atomic E-state index is 13.4. The number of aromatic nitrogens is 2. The van der Waals surface area contributed by atoms with Gasteiger partial charge < -0.3 is 4.90 Å². The number of amides is 1. The molecule has 0 saturated heterocycles. The maximum atomic E-state index is 13.4. The minimum atomic E-state index is -0.0396. The van der Waals surface area contributed by atoms with E-state index in [1.165, 1.54) is 0 Å². The van der Waals surface area contributed by atoms with Gasteiger partial charge in [0.05, 0.1) is 34.7 Å². The van der Waals surface area contributed by atoms with E-state index < -0.39 is 0 Å². The highest BCUT2D eigenvalue weighted by molar-refractivity contribution is 6.17. The van der Waals surface area contributed by atoms with Crippen molar-refractivity contribution in [2.75, 3.05) is 0 Å². The van der Waals surface area contributed by atoms with Crippen molar-refractivity contribution in [1.29, 1.82) is 0 Å². The van der Waals surface area contributed by atoms with E-state index in [0.29, 0.717) is 6.54 Å². The van der Waals surface area contributed by atoms with Crippen LogP contribution in [0, 0.1) is 5.41 Å². The predicted octanol–water partition coefficient (Wildman–Crippen LogP) is 4.21. The third-order valence-electron chi connectivity index (χ3n) is 5.17. The highest BCUT2D eigenvalue weighted by Gasteiger charge is 2.41. The van der Waals surface area contributed by atoms with Crippen LogP contribution in [0.1, 0.15) is 41.2 Å². The lowest BCUT2D eigenvalue weighted by molar-refractivity contribution is 0.0842. The number of fused-ring (bicyclic) bond motifs is 2. The van der Waals surface area contributed by atoms with Gasteiger partial charge in [0.1, 0.15) is 0 Å². The molecular weight excluding hydrogens is 322 g/mol. The molecule has 26 heavy (non-hydrogen) atoms. The zero-order valence-electron chi connectivity index (χ0n) is 14.9. The number of nitrogens with zero attached hydrogens (tertiary/aromatic N) is 3. The van der Waals surface area contributed by atoms with Crippen LogP contribution in [0.5, 0.6) is 0 Å². The Morgan fingerprint density at radius 1 is 1.08 bits per heavy atom. The first kappa shape index (κ1) is 15.3. The van der Waals surface area contributed by atoms with Crippen molar-refractivity contribution in [2.24, 2.45) is 5.41 Å². The minimum absolute atomic E-state index is 0.0396. The molecule has 4 nitrogen and oxygen atoms in total. The van der Waals surface area contributed by atoms with Gasteiger partial charge in [-0.1, -0.05) is 44.2 Å². The van der Waals surface area contributed by atoms with Gasteiger partial charge in [-0.15, -0.1) is 0 Å². The Kier molecular flexibility index (Phi) is 3.08. The first-order chi connectivity index (χ1) is 12.5. The van der Waals surface area contributed by atoms with Gasteiger partial charge in [-0.25, -0.2) is 0 Å². The molecule has 0 radical (unpaired) electrons. The van der Waals surface area contributed by atoms with E-state index in [0.717, 1.165) is 45.5 Å². The molecule has 0 unspecified atom stereocenters. The van der Waals surface area contributed by atoms with Gasteiger partial charge in [0.2, 0.25) is 0 Å². The SMILES string of the molecule is CC1(C)C=C2c3c(nc4ccccc4c3C(=O)N2Cc2ccccn2)C1. The molecule has 0 spiro atoms. The number of hydrogen-bond donors (Lipinski definition) is 0. The first-order valence-corrected chi connectivity index (χ1v) is 8.90. The number of carbonyl (C=O) groups excluding carboxylic acids is 1. The van der Waals surface area contributed by atoms with Crippen LogP contribution in [0.3, 0.4) is 0 Å². The van der Waals surface area contributed by atoms with Crippen molar-refractivity contribution in [3.05, 3.63) is 77.3 Å². The Hall–Kier alpha value is -3.01. The molecule has 1 aliphatic carbocycles.